The van der Waals surface area contributed by atoms with E-state index < -0.39 is 17.5 Å². The zero-order chi connectivity index (χ0) is 16.7. The van der Waals surface area contributed by atoms with Gasteiger partial charge in [-0.3, -0.25) is 0 Å². The third-order valence-corrected chi connectivity index (χ3v) is 3.34. The standard InChI is InChI=1S/C17H17ClO4/c1-11(10-14(16(19)20)17(21)22-3)9-12(2)15(18)13-7-5-4-6-8-13/h4-10H,1-3H3,(H,19,20)/b11-9+,14-10-,15-12+. The number of carbonyl (C=O) groups excluding carboxylic acids is 1. The molecule has 1 aromatic rings. The molecule has 1 rings (SSSR count). The molecule has 0 fully saturated rings. The molecule has 116 valence electrons. The van der Waals surface area contributed by atoms with Crippen LogP contribution in [0.25, 0.3) is 5.03 Å². The quantitative estimate of drug-likeness (QED) is 0.295. The van der Waals surface area contributed by atoms with Crippen LogP contribution < -0.4 is 0 Å². The fourth-order valence-corrected chi connectivity index (χ4v) is 1.98. The largest absolute Gasteiger partial charge is 0.477 e. The van der Waals surface area contributed by atoms with Gasteiger partial charge in [0.05, 0.1) is 12.1 Å². The fraction of sp³-hybridized carbons (Fsp3) is 0.176. The van der Waals surface area contributed by atoms with Crippen LogP contribution in [-0.4, -0.2) is 24.2 Å². The van der Waals surface area contributed by atoms with Crippen molar-refractivity contribution in [3.63, 3.8) is 0 Å². The molecule has 0 aliphatic rings. The van der Waals surface area contributed by atoms with Gasteiger partial charge in [0.15, 0.2) is 0 Å². The summed E-state index contributed by atoms with van der Waals surface area (Å²) in [5.41, 5.74) is 1.77. The maximum absolute atomic E-state index is 11.4. The number of esters is 1. The highest BCUT2D eigenvalue weighted by Crippen LogP contribution is 2.24. The number of ether oxygens (including phenoxy) is 1. The van der Waals surface area contributed by atoms with Gasteiger partial charge in [-0.25, -0.2) is 9.59 Å². The van der Waals surface area contributed by atoms with Crippen LogP contribution >= 0.6 is 11.6 Å². The van der Waals surface area contributed by atoms with Crippen molar-refractivity contribution in [3.8, 4) is 0 Å². The molecule has 0 amide bonds. The highest BCUT2D eigenvalue weighted by Gasteiger charge is 2.17. The highest BCUT2D eigenvalue weighted by atomic mass is 35.5. The van der Waals surface area contributed by atoms with Gasteiger partial charge in [-0.05, 0) is 36.6 Å². The van der Waals surface area contributed by atoms with Gasteiger partial charge < -0.3 is 9.84 Å². The van der Waals surface area contributed by atoms with Crippen LogP contribution in [-0.2, 0) is 14.3 Å². The Morgan fingerprint density at radius 3 is 2.23 bits per heavy atom. The molecule has 0 aliphatic heterocycles. The highest BCUT2D eigenvalue weighted by molar-refractivity contribution is 6.49. The Bertz CT molecular complexity index is 654. The van der Waals surface area contributed by atoms with Crippen molar-refractivity contribution in [3.05, 3.63) is 64.8 Å². The molecule has 5 heteroatoms. The number of benzene rings is 1. The van der Waals surface area contributed by atoms with Crippen LogP contribution in [0.1, 0.15) is 19.4 Å². The molecule has 1 aromatic carbocycles. The lowest BCUT2D eigenvalue weighted by Gasteiger charge is -2.04. The summed E-state index contributed by atoms with van der Waals surface area (Å²) in [6.45, 7) is 3.50. The molecule has 0 spiro atoms. The minimum Gasteiger partial charge on any atom is -0.477 e. The lowest BCUT2D eigenvalue weighted by atomic mass is 10.1. The number of methoxy groups -OCH3 is 1. The third-order valence-electron chi connectivity index (χ3n) is 2.83. The molecule has 0 bridgehead atoms. The van der Waals surface area contributed by atoms with Gasteiger partial charge in [-0.15, -0.1) is 0 Å². The van der Waals surface area contributed by atoms with E-state index in [9.17, 15) is 9.59 Å². The molecule has 0 saturated carbocycles. The summed E-state index contributed by atoms with van der Waals surface area (Å²) in [4.78, 5) is 22.4. The smallest absolute Gasteiger partial charge is 0.345 e. The molecule has 0 atom stereocenters. The Morgan fingerprint density at radius 2 is 1.73 bits per heavy atom. The van der Waals surface area contributed by atoms with E-state index in [1.807, 2.05) is 37.3 Å². The second kappa shape index (κ2) is 8.20. The lowest BCUT2D eigenvalue weighted by Crippen LogP contribution is -2.13. The predicted octanol–water partition coefficient (Wildman–Crippen LogP) is 3.79. The van der Waals surface area contributed by atoms with Crippen LogP contribution in [0.5, 0.6) is 0 Å². The molecule has 0 heterocycles. The minimum absolute atomic E-state index is 0.431. The first-order chi connectivity index (χ1) is 10.4. The zero-order valence-corrected chi connectivity index (χ0v) is 13.3. The number of carbonyl (C=O) groups is 2. The maximum Gasteiger partial charge on any atom is 0.345 e. The van der Waals surface area contributed by atoms with Crippen LogP contribution in [0.3, 0.4) is 0 Å². The Labute approximate surface area is 134 Å². The lowest BCUT2D eigenvalue weighted by molar-refractivity contribution is -0.142. The molecule has 4 nitrogen and oxygen atoms in total. The number of carboxylic acid groups (broad SMARTS) is 1. The molecular formula is C17H17ClO4. The second-order valence-corrected chi connectivity index (χ2v) is 4.98. The Balaban J connectivity index is 3.15. The molecule has 0 aromatic heterocycles. The molecule has 22 heavy (non-hydrogen) atoms. The van der Waals surface area contributed by atoms with E-state index in [2.05, 4.69) is 4.74 Å². The summed E-state index contributed by atoms with van der Waals surface area (Å²) in [5, 5.41) is 9.57. The van der Waals surface area contributed by atoms with Crippen LogP contribution in [0.4, 0.5) is 0 Å². The number of halogens is 1. The Kier molecular flexibility index (Phi) is 6.60. The van der Waals surface area contributed by atoms with Crippen LogP contribution in [0.15, 0.2) is 59.2 Å². The van der Waals surface area contributed by atoms with Crippen molar-refractivity contribution in [2.45, 2.75) is 13.8 Å². The summed E-state index contributed by atoms with van der Waals surface area (Å²) < 4.78 is 4.44. The number of rotatable bonds is 5. The normalized spacial score (nSPS) is 13.5. The first-order valence-electron chi connectivity index (χ1n) is 6.50. The fourth-order valence-electron chi connectivity index (χ4n) is 1.80. The van der Waals surface area contributed by atoms with Crippen LogP contribution in [0.2, 0.25) is 0 Å². The van der Waals surface area contributed by atoms with E-state index in [0.717, 1.165) is 18.2 Å². The van der Waals surface area contributed by atoms with E-state index in [4.69, 9.17) is 16.7 Å². The van der Waals surface area contributed by atoms with Gasteiger partial charge in [-0.1, -0.05) is 48.0 Å². The van der Waals surface area contributed by atoms with Crippen molar-refractivity contribution < 1.29 is 19.4 Å². The Hall–Kier alpha value is -2.33. The average Bonchev–Trinajstić information content (AvgIpc) is 2.51. The van der Waals surface area contributed by atoms with Gasteiger partial charge in [0.25, 0.3) is 0 Å². The molecule has 0 aliphatic carbocycles. The topological polar surface area (TPSA) is 63.6 Å². The van der Waals surface area contributed by atoms with E-state index in [-0.39, 0.29) is 0 Å². The first-order valence-corrected chi connectivity index (χ1v) is 6.88. The van der Waals surface area contributed by atoms with Gasteiger partial charge in [-0.2, -0.15) is 0 Å². The number of aliphatic carboxylic acids is 1. The van der Waals surface area contributed by atoms with Crippen molar-refractivity contribution in [2.75, 3.05) is 7.11 Å². The van der Waals surface area contributed by atoms with Crippen molar-refractivity contribution in [1.82, 2.24) is 0 Å². The second-order valence-electron chi connectivity index (χ2n) is 4.61. The molecule has 0 unspecified atom stereocenters. The van der Waals surface area contributed by atoms with Crippen LogP contribution in [0, 0.1) is 0 Å². The zero-order valence-electron chi connectivity index (χ0n) is 12.6. The summed E-state index contributed by atoms with van der Waals surface area (Å²) in [6, 6.07) is 9.40. The van der Waals surface area contributed by atoms with Gasteiger partial charge in [0.1, 0.15) is 5.57 Å². The van der Waals surface area contributed by atoms with E-state index in [1.165, 1.54) is 6.08 Å². The van der Waals surface area contributed by atoms with E-state index in [0.29, 0.717) is 10.6 Å². The molecular weight excluding hydrogens is 304 g/mol. The number of hydrogen-bond donors (Lipinski definition) is 1. The van der Waals surface area contributed by atoms with Gasteiger partial charge in [0.2, 0.25) is 0 Å². The average molecular weight is 321 g/mol. The monoisotopic (exact) mass is 320 g/mol. The maximum atomic E-state index is 11.4. The number of hydrogen-bond acceptors (Lipinski definition) is 3. The first kappa shape index (κ1) is 17.7. The SMILES string of the molecule is COC(=O)\C(=C/C(C)=C/C(C)=C(/Cl)c1ccccc1)C(=O)O. The molecule has 1 N–H and O–H groups in total. The summed E-state index contributed by atoms with van der Waals surface area (Å²) in [5.74, 6) is -2.23. The number of carboxylic acids is 1. The molecule has 0 saturated heterocycles. The van der Waals surface area contributed by atoms with Gasteiger partial charge in [0, 0.05) is 0 Å². The van der Waals surface area contributed by atoms with E-state index >= 15 is 0 Å². The summed E-state index contributed by atoms with van der Waals surface area (Å²) in [6.07, 6.45) is 2.97. The predicted molar refractivity (Wildman–Crippen MR) is 86.4 cm³/mol. The molecule has 0 radical (unpaired) electrons. The number of allylic oxidation sites excluding steroid dienone is 4. The Morgan fingerprint density at radius 1 is 1.14 bits per heavy atom. The summed E-state index contributed by atoms with van der Waals surface area (Å²) in [7, 11) is 1.13. The van der Waals surface area contributed by atoms with Crippen molar-refractivity contribution in [1.29, 1.82) is 0 Å². The van der Waals surface area contributed by atoms with Crippen molar-refractivity contribution in [2.24, 2.45) is 0 Å². The van der Waals surface area contributed by atoms with Crippen molar-refractivity contribution >= 4 is 28.6 Å². The van der Waals surface area contributed by atoms with Gasteiger partial charge >= 0.3 is 11.9 Å². The summed E-state index contributed by atoms with van der Waals surface area (Å²) >= 11 is 6.30. The van der Waals surface area contributed by atoms with E-state index in [1.54, 1.807) is 13.0 Å². The third kappa shape index (κ3) is 4.90. The minimum atomic E-state index is -1.34.